The largest absolute Gasteiger partial charge is 0.237 e. The van der Waals surface area contributed by atoms with Gasteiger partial charge in [-0.3, -0.25) is 0 Å². The van der Waals surface area contributed by atoms with Crippen LogP contribution in [0, 0.1) is 0 Å². The number of hydrogen-bond donors (Lipinski definition) is 0. The first kappa shape index (κ1) is 29.4. The van der Waals surface area contributed by atoms with E-state index >= 15 is 0 Å². The van der Waals surface area contributed by atoms with Crippen molar-refractivity contribution in [1.82, 2.24) is 19.9 Å². The quantitative estimate of drug-likeness (QED) is 0.164. The summed E-state index contributed by atoms with van der Waals surface area (Å²) in [5.41, 5.74) is 7.16. The number of thiophene rings is 1. The zero-order chi connectivity index (χ0) is 32.3. The van der Waals surface area contributed by atoms with Crippen molar-refractivity contribution < 1.29 is 0 Å². The number of nitrogens with zero attached hydrogens (tertiary/aromatic N) is 4. The molecular formula is C43H30N4S. The maximum absolute atomic E-state index is 5.20. The van der Waals surface area contributed by atoms with Gasteiger partial charge in [0.2, 0.25) is 0 Å². The Kier molecular flexibility index (Phi) is 7.95. The molecule has 0 amide bonds. The van der Waals surface area contributed by atoms with Crippen LogP contribution in [0.1, 0.15) is 12.5 Å². The van der Waals surface area contributed by atoms with Gasteiger partial charge < -0.3 is 0 Å². The lowest BCUT2D eigenvalue weighted by Crippen LogP contribution is -2.01. The lowest BCUT2D eigenvalue weighted by atomic mass is 10.0. The predicted molar refractivity (Wildman–Crippen MR) is 203 cm³/mol. The second-order valence-electron chi connectivity index (χ2n) is 11.4. The molecule has 0 saturated carbocycles. The summed E-state index contributed by atoms with van der Waals surface area (Å²) in [4.78, 5) is 21.5. The Morgan fingerprint density at radius 2 is 1.06 bits per heavy atom. The summed E-state index contributed by atoms with van der Waals surface area (Å²) in [6.45, 7) is 2.01. The van der Waals surface area contributed by atoms with Crippen LogP contribution in [-0.2, 0) is 0 Å². The Hall–Kier alpha value is -6.04. The number of benzene rings is 5. The number of hydrogen-bond acceptors (Lipinski definition) is 5. The molecule has 0 atom stereocenters. The molecular weight excluding hydrogens is 605 g/mol. The van der Waals surface area contributed by atoms with Gasteiger partial charge in [-0.1, -0.05) is 152 Å². The fourth-order valence-electron chi connectivity index (χ4n) is 5.95. The van der Waals surface area contributed by atoms with Gasteiger partial charge in [0.05, 0.1) is 5.52 Å². The summed E-state index contributed by atoms with van der Waals surface area (Å²) in [7, 11) is 0. The van der Waals surface area contributed by atoms with E-state index in [9.17, 15) is 0 Å². The minimum atomic E-state index is 0.624. The average molecular weight is 635 g/mol. The molecule has 5 heteroatoms. The summed E-state index contributed by atoms with van der Waals surface area (Å²) in [6.07, 6.45) is 12.2. The van der Waals surface area contributed by atoms with Crippen molar-refractivity contribution >= 4 is 48.6 Å². The minimum Gasteiger partial charge on any atom is -0.237 e. The van der Waals surface area contributed by atoms with Gasteiger partial charge in [-0.25, -0.2) is 19.9 Å². The van der Waals surface area contributed by atoms with Crippen molar-refractivity contribution in [2.45, 2.75) is 6.92 Å². The van der Waals surface area contributed by atoms with Crippen LogP contribution in [0.15, 0.2) is 158 Å². The highest BCUT2D eigenvalue weighted by molar-refractivity contribution is 7.25. The van der Waals surface area contributed by atoms with Gasteiger partial charge in [-0.2, -0.15) is 0 Å². The summed E-state index contributed by atoms with van der Waals surface area (Å²) < 4.78 is 1.19. The zero-order valence-electron chi connectivity index (χ0n) is 26.3. The first-order chi connectivity index (χ1) is 23.7. The molecule has 48 heavy (non-hydrogen) atoms. The fraction of sp³-hybridized carbons (Fsp3) is 0.0233. The smallest absolute Gasteiger partial charge is 0.165 e. The lowest BCUT2D eigenvalue weighted by Gasteiger charge is -2.12. The summed E-state index contributed by atoms with van der Waals surface area (Å²) >= 11 is 1.70. The number of rotatable bonds is 7. The van der Waals surface area contributed by atoms with E-state index in [0.717, 1.165) is 54.3 Å². The Labute approximate surface area is 283 Å². The summed E-state index contributed by atoms with van der Waals surface area (Å²) in [6, 6.07) is 44.0. The Morgan fingerprint density at radius 1 is 0.479 bits per heavy atom. The molecule has 0 aliphatic carbocycles. The van der Waals surface area contributed by atoms with Crippen molar-refractivity contribution in [3.8, 4) is 45.3 Å². The SMILES string of the molecule is C\C=C/C=C\C=C\c1ccc(-c2nc(-c3ccc(-c4ccccc4)cc3)nc(-c3c4ccccc4nc4sc5ccccc5c34)n2)cc1. The number of para-hydroxylation sites is 1. The van der Waals surface area contributed by atoms with Crippen molar-refractivity contribution in [3.05, 3.63) is 163 Å². The van der Waals surface area contributed by atoms with Gasteiger partial charge in [-0.05, 0) is 35.7 Å². The molecule has 0 bridgehead atoms. The first-order valence-electron chi connectivity index (χ1n) is 15.9. The van der Waals surface area contributed by atoms with Crippen LogP contribution >= 0.6 is 11.3 Å². The molecule has 8 aromatic rings. The highest BCUT2D eigenvalue weighted by Crippen LogP contribution is 2.42. The Bertz CT molecular complexity index is 2490. The van der Waals surface area contributed by atoms with Crippen molar-refractivity contribution in [1.29, 1.82) is 0 Å². The normalized spacial score (nSPS) is 12.0. The highest BCUT2D eigenvalue weighted by atomic mass is 32.1. The molecule has 0 fully saturated rings. The maximum atomic E-state index is 5.20. The second kappa shape index (κ2) is 13.0. The Morgan fingerprint density at radius 3 is 1.81 bits per heavy atom. The van der Waals surface area contributed by atoms with Crippen LogP contribution in [0.5, 0.6) is 0 Å². The van der Waals surface area contributed by atoms with Gasteiger partial charge in [0.25, 0.3) is 0 Å². The van der Waals surface area contributed by atoms with Crippen LogP contribution in [0.2, 0.25) is 0 Å². The zero-order valence-corrected chi connectivity index (χ0v) is 27.1. The third-order valence-electron chi connectivity index (χ3n) is 8.31. The molecule has 0 aliphatic heterocycles. The fourth-order valence-corrected chi connectivity index (χ4v) is 7.04. The van der Waals surface area contributed by atoms with Crippen LogP contribution < -0.4 is 0 Å². The standard InChI is InChI=1S/C43H30N4S/c1-2-3-4-5-7-14-29-21-23-32(24-22-29)40-45-41(33-27-25-31(26-28-33)30-15-8-6-9-16-30)47-42(46-40)38-34-17-10-12-19-36(34)44-43-39(38)35-18-11-13-20-37(35)48-43/h2-28H,1H3/b3-2-,5-4-,14-7+. The minimum absolute atomic E-state index is 0.624. The molecule has 8 rings (SSSR count). The summed E-state index contributed by atoms with van der Waals surface area (Å²) in [5, 5.41) is 3.24. The second-order valence-corrected chi connectivity index (χ2v) is 12.5. The first-order valence-corrected chi connectivity index (χ1v) is 16.8. The van der Waals surface area contributed by atoms with E-state index < -0.39 is 0 Å². The van der Waals surface area contributed by atoms with E-state index in [4.69, 9.17) is 19.9 Å². The summed E-state index contributed by atoms with van der Waals surface area (Å²) in [5.74, 6) is 1.88. The van der Waals surface area contributed by atoms with E-state index in [0.29, 0.717) is 17.5 Å². The number of fused-ring (bicyclic) bond motifs is 4. The molecule has 0 radical (unpaired) electrons. The van der Waals surface area contributed by atoms with Crippen LogP contribution in [0.3, 0.4) is 0 Å². The van der Waals surface area contributed by atoms with E-state index in [2.05, 4.69) is 121 Å². The molecule has 4 nitrogen and oxygen atoms in total. The van der Waals surface area contributed by atoms with Crippen molar-refractivity contribution in [2.75, 3.05) is 0 Å². The van der Waals surface area contributed by atoms with Gasteiger partial charge >= 0.3 is 0 Å². The molecule has 0 aliphatic rings. The molecule has 0 unspecified atom stereocenters. The number of aromatic nitrogens is 4. The van der Waals surface area contributed by atoms with Crippen molar-refractivity contribution in [2.24, 2.45) is 0 Å². The topological polar surface area (TPSA) is 51.6 Å². The molecule has 3 heterocycles. The monoisotopic (exact) mass is 634 g/mol. The molecule has 0 spiro atoms. The van der Waals surface area contributed by atoms with Gasteiger partial charge in [0.15, 0.2) is 17.5 Å². The number of allylic oxidation sites excluding steroid dienone is 5. The molecule has 228 valence electrons. The number of pyridine rings is 1. The third kappa shape index (κ3) is 5.72. The Balaban J connectivity index is 1.32. The van der Waals surface area contributed by atoms with Gasteiger partial charge in [-0.15, -0.1) is 11.3 Å². The highest BCUT2D eigenvalue weighted by Gasteiger charge is 2.20. The molecule has 5 aromatic carbocycles. The van der Waals surface area contributed by atoms with E-state index in [1.807, 2.05) is 49.4 Å². The maximum Gasteiger partial charge on any atom is 0.165 e. The van der Waals surface area contributed by atoms with E-state index in [-0.39, 0.29) is 0 Å². The molecule has 0 saturated heterocycles. The molecule has 0 N–H and O–H groups in total. The third-order valence-corrected chi connectivity index (χ3v) is 9.38. The predicted octanol–water partition coefficient (Wildman–Crippen LogP) is 11.6. The van der Waals surface area contributed by atoms with Crippen LogP contribution in [0.4, 0.5) is 0 Å². The lowest BCUT2D eigenvalue weighted by molar-refractivity contribution is 1.08. The van der Waals surface area contributed by atoms with Crippen LogP contribution in [-0.4, -0.2) is 19.9 Å². The average Bonchev–Trinajstić information content (AvgIpc) is 3.52. The van der Waals surface area contributed by atoms with Crippen LogP contribution in [0.25, 0.3) is 82.6 Å². The van der Waals surface area contributed by atoms with Crippen molar-refractivity contribution in [3.63, 3.8) is 0 Å². The van der Waals surface area contributed by atoms with Gasteiger partial charge in [0, 0.05) is 37.5 Å². The van der Waals surface area contributed by atoms with Gasteiger partial charge in [0.1, 0.15) is 4.83 Å². The molecule has 3 aromatic heterocycles. The van der Waals surface area contributed by atoms with E-state index in [1.165, 1.54) is 10.3 Å². The van der Waals surface area contributed by atoms with E-state index in [1.54, 1.807) is 11.3 Å².